The lowest BCUT2D eigenvalue weighted by Crippen LogP contribution is -2.27. The predicted molar refractivity (Wildman–Crippen MR) is 80.2 cm³/mol. The van der Waals surface area contributed by atoms with E-state index in [2.05, 4.69) is 20.5 Å². The Morgan fingerprint density at radius 3 is 2.65 bits per heavy atom. The van der Waals surface area contributed by atoms with E-state index in [1.54, 1.807) is 6.07 Å². The smallest absolute Gasteiger partial charge is 0.167 e. The van der Waals surface area contributed by atoms with E-state index in [-0.39, 0.29) is 6.04 Å². The van der Waals surface area contributed by atoms with Gasteiger partial charge < -0.3 is 5.32 Å². The molecule has 3 rings (SSSR count). The van der Waals surface area contributed by atoms with Crippen LogP contribution in [-0.4, -0.2) is 21.7 Å². The van der Waals surface area contributed by atoms with E-state index in [1.807, 2.05) is 12.1 Å². The Morgan fingerprint density at radius 2 is 1.95 bits per heavy atom. The average Bonchev–Trinajstić information content (AvgIpc) is 2.87. The quantitative estimate of drug-likeness (QED) is 0.912. The van der Waals surface area contributed by atoms with Gasteiger partial charge in [-0.25, -0.2) is 4.98 Å². The van der Waals surface area contributed by atoms with Gasteiger partial charge in [0, 0.05) is 16.5 Å². The maximum atomic E-state index is 6.00. The molecule has 0 bridgehead atoms. The second-order valence-corrected chi connectivity index (χ2v) is 5.97. The van der Waals surface area contributed by atoms with E-state index < -0.39 is 0 Å². The molecule has 1 saturated heterocycles. The van der Waals surface area contributed by atoms with Crippen molar-refractivity contribution in [3.63, 3.8) is 0 Å². The molecule has 20 heavy (non-hydrogen) atoms. The van der Waals surface area contributed by atoms with Crippen LogP contribution in [0.2, 0.25) is 10.0 Å². The fourth-order valence-corrected chi connectivity index (χ4v) is 3.09. The number of hydrogen-bond acceptors (Lipinski definition) is 3. The fraction of sp³-hybridized carbons (Fsp3) is 0.429. The Bertz CT molecular complexity index is 570. The summed E-state index contributed by atoms with van der Waals surface area (Å²) in [5.41, 5.74) is 1.03. The molecule has 1 atom stereocenters. The summed E-state index contributed by atoms with van der Waals surface area (Å²) in [6.07, 6.45) is 4.21. The largest absolute Gasteiger partial charge is 0.307 e. The minimum absolute atomic E-state index is 0.275. The molecule has 0 radical (unpaired) electrons. The highest BCUT2D eigenvalue weighted by Gasteiger charge is 2.19. The van der Waals surface area contributed by atoms with Crippen molar-refractivity contribution >= 4 is 23.2 Å². The highest BCUT2D eigenvalue weighted by atomic mass is 35.5. The van der Waals surface area contributed by atoms with Gasteiger partial charge in [0.05, 0.1) is 6.04 Å². The van der Waals surface area contributed by atoms with Crippen molar-refractivity contribution in [2.24, 2.45) is 0 Å². The van der Waals surface area contributed by atoms with Gasteiger partial charge in [-0.1, -0.05) is 29.6 Å². The van der Waals surface area contributed by atoms with Crippen molar-refractivity contribution in [2.75, 3.05) is 6.54 Å². The number of rotatable bonds is 3. The molecule has 4 nitrogen and oxygen atoms in total. The first-order valence-corrected chi connectivity index (χ1v) is 7.56. The first kappa shape index (κ1) is 13.9. The number of halogens is 2. The molecular formula is C14H16Cl2N4. The molecule has 1 aromatic carbocycles. The van der Waals surface area contributed by atoms with Crippen molar-refractivity contribution in [1.29, 1.82) is 0 Å². The number of benzene rings is 1. The average molecular weight is 311 g/mol. The summed E-state index contributed by atoms with van der Waals surface area (Å²) in [6, 6.07) is 5.80. The zero-order chi connectivity index (χ0) is 13.9. The third kappa shape index (κ3) is 3.32. The van der Waals surface area contributed by atoms with Crippen LogP contribution < -0.4 is 5.32 Å². The van der Waals surface area contributed by atoms with Crippen LogP contribution >= 0.6 is 23.2 Å². The molecule has 0 amide bonds. The summed E-state index contributed by atoms with van der Waals surface area (Å²) in [5, 5.41) is 12.0. The number of piperidine rings is 1. The highest BCUT2D eigenvalue weighted by molar-refractivity contribution is 6.34. The van der Waals surface area contributed by atoms with E-state index in [1.165, 1.54) is 12.8 Å². The third-order valence-electron chi connectivity index (χ3n) is 3.46. The lowest BCUT2D eigenvalue weighted by molar-refractivity contribution is 0.398. The Morgan fingerprint density at radius 1 is 1.15 bits per heavy atom. The van der Waals surface area contributed by atoms with E-state index in [4.69, 9.17) is 23.2 Å². The lowest BCUT2D eigenvalue weighted by atomic mass is 10.0. The monoisotopic (exact) mass is 310 g/mol. The van der Waals surface area contributed by atoms with E-state index >= 15 is 0 Å². The van der Waals surface area contributed by atoms with Gasteiger partial charge >= 0.3 is 0 Å². The Kier molecular flexibility index (Phi) is 4.24. The maximum absolute atomic E-state index is 6.00. The Balaban J connectivity index is 1.73. The van der Waals surface area contributed by atoms with Gasteiger partial charge in [-0.3, -0.25) is 5.10 Å². The van der Waals surface area contributed by atoms with Crippen LogP contribution in [0.5, 0.6) is 0 Å². The third-order valence-corrected chi connectivity index (χ3v) is 3.90. The molecule has 106 valence electrons. The Hall–Kier alpha value is -1.10. The number of H-pyrrole nitrogens is 1. The van der Waals surface area contributed by atoms with Crippen LogP contribution in [0.4, 0.5) is 0 Å². The molecule has 6 heteroatoms. The van der Waals surface area contributed by atoms with Crippen LogP contribution in [0.25, 0.3) is 0 Å². The molecule has 2 aromatic rings. The molecule has 1 fully saturated rings. The van der Waals surface area contributed by atoms with Gasteiger partial charge in [0.15, 0.2) is 5.82 Å². The summed E-state index contributed by atoms with van der Waals surface area (Å²) < 4.78 is 0. The predicted octanol–water partition coefficient (Wildman–Crippen LogP) is 3.52. The first-order valence-electron chi connectivity index (χ1n) is 6.80. The van der Waals surface area contributed by atoms with Crippen LogP contribution in [0, 0.1) is 0 Å². The second kappa shape index (κ2) is 6.12. The van der Waals surface area contributed by atoms with Crippen LogP contribution in [-0.2, 0) is 6.42 Å². The summed E-state index contributed by atoms with van der Waals surface area (Å²) in [4.78, 5) is 4.57. The number of hydrogen-bond donors (Lipinski definition) is 2. The number of aromatic nitrogens is 3. The molecule has 0 saturated carbocycles. The summed E-state index contributed by atoms with van der Waals surface area (Å²) in [7, 11) is 0. The van der Waals surface area contributed by atoms with E-state index in [9.17, 15) is 0 Å². The minimum Gasteiger partial charge on any atom is -0.307 e. The van der Waals surface area contributed by atoms with Gasteiger partial charge in [0.1, 0.15) is 5.82 Å². The first-order chi connectivity index (χ1) is 9.70. The standard InChI is InChI=1S/C14H16Cl2N4/c15-10-5-9(6-11(16)8-10)7-13-18-14(20-19-13)12-3-1-2-4-17-12/h5-6,8,12,17H,1-4,7H2,(H,18,19,20). The van der Waals surface area contributed by atoms with Crippen molar-refractivity contribution in [2.45, 2.75) is 31.7 Å². The van der Waals surface area contributed by atoms with E-state index in [0.29, 0.717) is 16.5 Å². The summed E-state index contributed by atoms with van der Waals surface area (Å²) >= 11 is 12.0. The topological polar surface area (TPSA) is 53.6 Å². The van der Waals surface area contributed by atoms with Gasteiger partial charge in [-0.15, -0.1) is 0 Å². The van der Waals surface area contributed by atoms with Gasteiger partial charge in [-0.05, 0) is 43.1 Å². The molecule has 2 heterocycles. The molecule has 1 aromatic heterocycles. The SMILES string of the molecule is Clc1cc(Cl)cc(Cc2nc(C3CCCCN3)n[nH]2)c1. The van der Waals surface area contributed by atoms with Crippen molar-refractivity contribution in [3.8, 4) is 0 Å². The van der Waals surface area contributed by atoms with Gasteiger partial charge in [0.25, 0.3) is 0 Å². The van der Waals surface area contributed by atoms with Crippen LogP contribution in [0.1, 0.15) is 42.5 Å². The van der Waals surface area contributed by atoms with Crippen molar-refractivity contribution in [3.05, 3.63) is 45.5 Å². The fourth-order valence-electron chi connectivity index (χ4n) is 2.52. The molecule has 0 spiro atoms. The van der Waals surface area contributed by atoms with Crippen LogP contribution in [0.15, 0.2) is 18.2 Å². The lowest BCUT2D eigenvalue weighted by Gasteiger charge is -2.20. The van der Waals surface area contributed by atoms with Gasteiger partial charge in [0.2, 0.25) is 0 Å². The molecular weight excluding hydrogens is 295 g/mol. The van der Waals surface area contributed by atoms with Crippen molar-refractivity contribution < 1.29 is 0 Å². The number of nitrogens with zero attached hydrogens (tertiary/aromatic N) is 2. The summed E-state index contributed by atoms with van der Waals surface area (Å²) in [6.45, 7) is 1.04. The normalized spacial score (nSPS) is 19.2. The highest BCUT2D eigenvalue weighted by Crippen LogP contribution is 2.22. The number of nitrogens with one attached hydrogen (secondary N) is 2. The van der Waals surface area contributed by atoms with Gasteiger partial charge in [-0.2, -0.15) is 5.10 Å². The summed E-state index contributed by atoms with van der Waals surface area (Å²) in [5.74, 6) is 1.69. The minimum atomic E-state index is 0.275. The molecule has 1 aliphatic heterocycles. The zero-order valence-corrected chi connectivity index (χ0v) is 12.5. The molecule has 0 aliphatic carbocycles. The second-order valence-electron chi connectivity index (χ2n) is 5.10. The van der Waals surface area contributed by atoms with Crippen molar-refractivity contribution in [1.82, 2.24) is 20.5 Å². The maximum Gasteiger partial charge on any atom is 0.167 e. The molecule has 1 unspecified atom stereocenters. The molecule has 2 N–H and O–H groups in total. The van der Waals surface area contributed by atoms with Crippen LogP contribution in [0.3, 0.4) is 0 Å². The zero-order valence-electron chi connectivity index (χ0n) is 11.0. The Labute approximate surface area is 127 Å². The van der Waals surface area contributed by atoms with E-state index in [0.717, 1.165) is 30.2 Å². The molecule has 1 aliphatic rings. The number of aromatic amines is 1.